The minimum Gasteiger partial charge on any atom is -0.493 e. The molecule has 2 aliphatic rings. The summed E-state index contributed by atoms with van der Waals surface area (Å²) in [6.07, 6.45) is 9.46. The number of aliphatic imine (C=N–C) groups is 1. The van der Waals surface area contributed by atoms with Crippen molar-refractivity contribution in [2.45, 2.75) is 51.2 Å². The van der Waals surface area contributed by atoms with Crippen molar-refractivity contribution in [2.24, 2.45) is 4.99 Å². The lowest BCUT2D eigenvalue weighted by molar-refractivity contribution is -0.148. The monoisotopic (exact) mass is 460 g/mol. The Labute approximate surface area is 198 Å². The molecule has 34 heavy (non-hydrogen) atoms. The number of ether oxygens (including phenoxy) is 3. The lowest BCUT2D eigenvalue weighted by Crippen LogP contribution is -2.36. The van der Waals surface area contributed by atoms with E-state index in [9.17, 15) is 4.79 Å². The first-order valence-electron chi connectivity index (χ1n) is 11.6. The van der Waals surface area contributed by atoms with E-state index in [2.05, 4.69) is 16.0 Å². The lowest BCUT2D eigenvalue weighted by Gasteiger charge is -2.38. The molecule has 1 aromatic carbocycles. The van der Waals surface area contributed by atoms with Crippen LogP contribution in [0.1, 0.15) is 55.7 Å². The van der Waals surface area contributed by atoms with Crippen molar-refractivity contribution in [1.29, 1.82) is 0 Å². The molecule has 0 radical (unpaired) electrons. The second-order valence-corrected chi connectivity index (χ2v) is 8.59. The summed E-state index contributed by atoms with van der Waals surface area (Å²) in [5.74, 6) is 2.08. The Balaban J connectivity index is 1.57. The topological polar surface area (TPSA) is 87.8 Å². The Morgan fingerprint density at radius 1 is 1.21 bits per heavy atom. The van der Waals surface area contributed by atoms with Crippen molar-refractivity contribution in [3.63, 3.8) is 0 Å². The summed E-state index contributed by atoms with van der Waals surface area (Å²) in [6.45, 7) is 3.97. The van der Waals surface area contributed by atoms with Crippen molar-refractivity contribution >= 4 is 11.7 Å². The van der Waals surface area contributed by atoms with Crippen LogP contribution in [0.5, 0.6) is 11.5 Å². The summed E-state index contributed by atoms with van der Waals surface area (Å²) in [7, 11) is 1.64. The van der Waals surface area contributed by atoms with Gasteiger partial charge in [0, 0.05) is 42.6 Å². The number of esters is 1. The molecule has 0 saturated heterocycles. The lowest BCUT2D eigenvalue weighted by atomic mass is 9.74. The molecule has 0 N–H and O–H groups in total. The quantitative estimate of drug-likeness (QED) is 0.515. The maximum absolute atomic E-state index is 11.6. The summed E-state index contributed by atoms with van der Waals surface area (Å²) < 4.78 is 19.0. The van der Waals surface area contributed by atoms with Crippen LogP contribution in [-0.4, -0.2) is 52.1 Å². The van der Waals surface area contributed by atoms with Gasteiger partial charge in [0.05, 0.1) is 25.5 Å². The van der Waals surface area contributed by atoms with Gasteiger partial charge in [-0.3, -0.25) is 14.4 Å². The van der Waals surface area contributed by atoms with Crippen LogP contribution in [0.25, 0.3) is 5.82 Å². The molecule has 0 unspecified atom stereocenters. The third-order valence-corrected chi connectivity index (χ3v) is 6.47. The van der Waals surface area contributed by atoms with Gasteiger partial charge in [0.2, 0.25) is 0 Å². The van der Waals surface area contributed by atoms with Crippen molar-refractivity contribution < 1.29 is 19.0 Å². The number of fused-ring (bicyclic) bond motifs is 3. The van der Waals surface area contributed by atoms with Gasteiger partial charge >= 0.3 is 5.97 Å². The van der Waals surface area contributed by atoms with E-state index in [1.807, 2.05) is 42.1 Å². The minimum atomic E-state index is -0.238. The van der Waals surface area contributed by atoms with Crippen LogP contribution >= 0.6 is 0 Å². The van der Waals surface area contributed by atoms with E-state index in [0.717, 1.165) is 47.5 Å². The minimum absolute atomic E-state index is 0.0999. The number of carbonyl (C=O) groups is 1. The van der Waals surface area contributed by atoms with Gasteiger partial charge in [-0.25, -0.2) is 9.97 Å². The van der Waals surface area contributed by atoms with E-state index < -0.39 is 0 Å². The third kappa shape index (κ3) is 4.16. The zero-order chi connectivity index (χ0) is 23.7. The van der Waals surface area contributed by atoms with E-state index in [0.29, 0.717) is 18.1 Å². The van der Waals surface area contributed by atoms with Crippen molar-refractivity contribution in [2.75, 3.05) is 13.7 Å². The largest absolute Gasteiger partial charge is 0.493 e. The molecule has 0 bridgehead atoms. The highest BCUT2D eigenvalue weighted by Crippen LogP contribution is 2.45. The molecule has 3 atom stereocenters. The number of benzene rings is 1. The maximum Gasteiger partial charge on any atom is 0.302 e. The van der Waals surface area contributed by atoms with Crippen LogP contribution in [-0.2, 0) is 9.53 Å². The fourth-order valence-electron chi connectivity index (χ4n) is 5.00. The zero-order valence-electron chi connectivity index (χ0n) is 19.6. The summed E-state index contributed by atoms with van der Waals surface area (Å²) in [5, 5.41) is 0. The summed E-state index contributed by atoms with van der Waals surface area (Å²) in [4.78, 5) is 25.5. The van der Waals surface area contributed by atoms with Crippen molar-refractivity contribution in [3.8, 4) is 17.3 Å². The Morgan fingerprint density at radius 2 is 2.09 bits per heavy atom. The molecule has 3 heterocycles. The third-order valence-electron chi connectivity index (χ3n) is 6.47. The molecule has 3 aromatic rings. The van der Waals surface area contributed by atoms with Gasteiger partial charge in [0.15, 0.2) is 11.5 Å². The first-order valence-corrected chi connectivity index (χ1v) is 11.6. The molecule has 176 valence electrons. The Morgan fingerprint density at radius 3 is 2.76 bits per heavy atom. The first kappa shape index (κ1) is 22.1. The molecule has 1 saturated carbocycles. The number of hydrogen-bond donors (Lipinski definition) is 0. The van der Waals surface area contributed by atoms with Crippen molar-refractivity contribution in [1.82, 2.24) is 14.5 Å². The number of carbonyl (C=O) groups excluding carboxylic acids is 1. The number of nitrogens with zero attached hydrogens (tertiary/aromatic N) is 4. The second kappa shape index (κ2) is 9.29. The molecular formula is C26H28N4O4. The van der Waals surface area contributed by atoms with E-state index in [-0.39, 0.29) is 24.0 Å². The molecule has 1 fully saturated rings. The van der Waals surface area contributed by atoms with Gasteiger partial charge < -0.3 is 14.2 Å². The van der Waals surface area contributed by atoms with E-state index in [4.69, 9.17) is 19.2 Å². The van der Waals surface area contributed by atoms with Gasteiger partial charge in [-0.2, -0.15) is 0 Å². The predicted octanol–water partition coefficient (Wildman–Crippen LogP) is 4.09. The van der Waals surface area contributed by atoms with Crippen LogP contribution in [0.2, 0.25) is 0 Å². The predicted molar refractivity (Wildman–Crippen MR) is 127 cm³/mol. The Bertz CT molecular complexity index is 1200. The highest BCUT2D eigenvalue weighted by molar-refractivity contribution is 6.14. The van der Waals surface area contributed by atoms with Gasteiger partial charge in [-0.1, -0.05) is 0 Å². The van der Waals surface area contributed by atoms with Gasteiger partial charge in [0.1, 0.15) is 18.2 Å². The van der Waals surface area contributed by atoms with Crippen LogP contribution in [0.15, 0.2) is 54.2 Å². The fraction of sp³-hybridized carbons (Fsp3) is 0.385. The van der Waals surface area contributed by atoms with Crippen LogP contribution < -0.4 is 9.47 Å². The standard InChI is InChI=1S/C26H28N4O4/c1-4-33-24-12-19-20-11-18(34-16(2)31)6-7-22(20)29-26(21(19)13-23(24)32-3)17-5-8-25(28-14-17)30-10-9-27-15-30/h5,8-10,12-15,18,20,22H,4,6-7,11H2,1-3H3/t18-,20-,22-/m1/s1. The maximum atomic E-state index is 11.6. The average molecular weight is 461 g/mol. The van der Waals surface area contributed by atoms with Crippen LogP contribution in [0.3, 0.4) is 0 Å². The highest BCUT2D eigenvalue weighted by atomic mass is 16.5. The zero-order valence-corrected chi connectivity index (χ0v) is 19.6. The molecular weight excluding hydrogens is 432 g/mol. The summed E-state index contributed by atoms with van der Waals surface area (Å²) in [6, 6.07) is 8.20. The number of pyridine rings is 1. The van der Waals surface area contributed by atoms with Crippen LogP contribution in [0.4, 0.5) is 0 Å². The Kier molecular flexibility index (Phi) is 6.04. The molecule has 5 rings (SSSR count). The van der Waals surface area contributed by atoms with E-state index >= 15 is 0 Å². The highest BCUT2D eigenvalue weighted by Gasteiger charge is 2.38. The second-order valence-electron chi connectivity index (χ2n) is 8.59. The smallest absolute Gasteiger partial charge is 0.302 e. The molecule has 1 aliphatic heterocycles. The first-order chi connectivity index (χ1) is 16.6. The number of aromatic nitrogens is 3. The number of hydrogen-bond acceptors (Lipinski definition) is 7. The molecule has 0 amide bonds. The molecule has 8 nitrogen and oxygen atoms in total. The Hall–Kier alpha value is -3.68. The van der Waals surface area contributed by atoms with Crippen LogP contribution in [0, 0.1) is 0 Å². The summed E-state index contributed by atoms with van der Waals surface area (Å²) in [5.41, 5.74) is 3.99. The van der Waals surface area contributed by atoms with E-state index in [1.165, 1.54) is 6.92 Å². The average Bonchev–Trinajstić information content (AvgIpc) is 3.38. The fourth-order valence-corrected chi connectivity index (χ4v) is 5.00. The number of methoxy groups -OCH3 is 1. The van der Waals surface area contributed by atoms with Gasteiger partial charge in [-0.15, -0.1) is 0 Å². The summed E-state index contributed by atoms with van der Waals surface area (Å²) >= 11 is 0. The van der Waals surface area contributed by atoms with Gasteiger partial charge in [0.25, 0.3) is 0 Å². The molecule has 1 aliphatic carbocycles. The number of imidazole rings is 1. The molecule has 2 aromatic heterocycles. The van der Waals surface area contributed by atoms with E-state index in [1.54, 1.807) is 19.6 Å². The normalized spacial score (nSPS) is 21.1. The SMILES string of the molecule is CCOc1cc2c(cc1OC)C(c1ccc(-n3ccnc3)nc1)=N[C@@H]1CC[C@@H](OC(C)=O)C[C@H]21. The van der Waals surface area contributed by atoms with Crippen molar-refractivity contribution in [3.05, 3.63) is 65.9 Å². The molecule has 8 heteroatoms. The van der Waals surface area contributed by atoms with Gasteiger partial charge in [-0.05, 0) is 56.0 Å². The molecule has 0 spiro atoms. The number of rotatable bonds is 6.